The molecular formula is C23H19FN2O4. The van der Waals surface area contributed by atoms with Crippen LogP contribution in [-0.2, 0) is 4.79 Å². The maximum atomic E-state index is 13.2. The Morgan fingerprint density at radius 3 is 2.63 bits per heavy atom. The van der Waals surface area contributed by atoms with Crippen LogP contribution in [0.25, 0.3) is 0 Å². The van der Waals surface area contributed by atoms with Crippen molar-refractivity contribution >= 4 is 18.1 Å². The van der Waals surface area contributed by atoms with Gasteiger partial charge in [-0.2, -0.15) is 5.10 Å². The van der Waals surface area contributed by atoms with Gasteiger partial charge >= 0.3 is 5.97 Å². The molecule has 0 bridgehead atoms. The van der Waals surface area contributed by atoms with Crippen LogP contribution in [0.4, 0.5) is 4.39 Å². The summed E-state index contributed by atoms with van der Waals surface area (Å²) in [5.41, 5.74) is 4.00. The smallest absolute Gasteiger partial charge is 0.343 e. The molecule has 0 unspecified atom stereocenters. The van der Waals surface area contributed by atoms with Crippen molar-refractivity contribution < 1.29 is 23.5 Å². The molecule has 152 valence electrons. The Kier molecular flexibility index (Phi) is 6.89. The summed E-state index contributed by atoms with van der Waals surface area (Å²) in [5.74, 6) is -0.715. The summed E-state index contributed by atoms with van der Waals surface area (Å²) in [6.45, 7) is 1.72. The average Bonchev–Trinajstić information content (AvgIpc) is 2.73. The first-order chi connectivity index (χ1) is 14.5. The highest BCUT2D eigenvalue weighted by molar-refractivity contribution is 5.91. The number of hydrogen-bond acceptors (Lipinski definition) is 5. The molecule has 0 fully saturated rings. The van der Waals surface area contributed by atoms with Gasteiger partial charge in [-0.05, 0) is 54.4 Å². The minimum atomic E-state index is -0.676. The second-order valence-electron chi connectivity index (χ2n) is 6.32. The number of carbonyl (C=O) groups excluding carboxylic acids is 2. The lowest BCUT2D eigenvalue weighted by atomic mass is 10.2. The number of nitrogens with one attached hydrogen (secondary N) is 1. The molecule has 3 rings (SSSR count). The van der Waals surface area contributed by atoms with Crippen LogP contribution in [0.1, 0.15) is 21.5 Å². The zero-order valence-corrected chi connectivity index (χ0v) is 16.2. The van der Waals surface area contributed by atoms with E-state index in [0.717, 1.165) is 11.6 Å². The molecule has 6 nitrogen and oxygen atoms in total. The molecule has 0 aromatic heterocycles. The van der Waals surface area contributed by atoms with Gasteiger partial charge in [0.05, 0.1) is 11.8 Å². The van der Waals surface area contributed by atoms with Gasteiger partial charge in [0.2, 0.25) is 0 Å². The van der Waals surface area contributed by atoms with Gasteiger partial charge in [0, 0.05) is 0 Å². The number of hydrazone groups is 1. The zero-order chi connectivity index (χ0) is 21.3. The largest absolute Gasteiger partial charge is 0.483 e. The number of aryl methyl sites for hydroxylation is 1. The average molecular weight is 406 g/mol. The third-order valence-corrected chi connectivity index (χ3v) is 3.98. The Morgan fingerprint density at radius 2 is 1.83 bits per heavy atom. The Bertz CT molecular complexity index is 1080. The molecule has 30 heavy (non-hydrogen) atoms. The summed E-state index contributed by atoms with van der Waals surface area (Å²) < 4.78 is 23.9. The molecule has 1 N–H and O–H groups in total. The lowest BCUT2D eigenvalue weighted by Gasteiger charge is -2.07. The van der Waals surface area contributed by atoms with Crippen molar-refractivity contribution in [3.8, 4) is 11.5 Å². The van der Waals surface area contributed by atoms with E-state index in [2.05, 4.69) is 10.5 Å². The fourth-order valence-electron chi connectivity index (χ4n) is 2.51. The fourth-order valence-corrected chi connectivity index (χ4v) is 2.51. The zero-order valence-electron chi connectivity index (χ0n) is 16.2. The minimum absolute atomic E-state index is 0.106. The monoisotopic (exact) mass is 406 g/mol. The molecule has 0 saturated carbocycles. The van der Waals surface area contributed by atoms with Gasteiger partial charge in [0.1, 0.15) is 17.3 Å². The number of amides is 1. The number of benzene rings is 3. The summed E-state index contributed by atoms with van der Waals surface area (Å²) in [5, 5.41) is 3.87. The van der Waals surface area contributed by atoms with Gasteiger partial charge < -0.3 is 9.47 Å². The highest BCUT2D eigenvalue weighted by atomic mass is 19.1. The van der Waals surface area contributed by atoms with Gasteiger partial charge in [-0.15, -0.1) is 0 Å². The van der Waals surface area contributed by atoms with Crippen LogP contribution in [-0.4, -0.2) is 24.7 Å². The molecule has 0 heterocycles. The lowest BCUT2D eigenvalue weighted by Crippen LogP contribution is -2.24. The number of hydrogen-bond donors (Lipinski definition) is 1. The number of rotatable bonds is 7. The fraction of sp³-hybridized carbons (Fsp3) is 0.0870. The number of ether oxygens (including phenoxy) is 2. The van der Waals surface area contributed by atoms with Crippen molar-refractivity contribution in [1.82, 2.24) is 5.43 Å². The van der Waals surface area contributed by atoms with Crippen LogP contribution in [0.5, 0.6) is 11.5 Å². The van der Waals surface area contributed by atoms with Crippen LogP contribution >= 0.6 is 0 Å². The van der Waals surface area contributed by atoms with Crippen LogP contribution in [0, 0.1) is 12.7 Å². The van der Waals surface area contributed by atoms with E-state index in [1.165, 1.54) is 24.4 Å². The van der Waals surface area contributed by atoms with Crippen molar-refractivity contribution in [2.45, 2.75) is 6.92 Å². The van der Waals surface area contributed by atoms with E-state index in [9.17, 15) is 14.0 Å². The number of para-hydroxylation sites is 1. The predicted octanol–water partition coefficient (Wildman–Crippen LogP) is 3.88. The quantitative estimate of drug-likeness (QED) is 0.280. The molecule has 3 aromatic carbocycles. The number of carbonyl (C=O) groups is 2. The maximum absolute atomic E-state index is 13.2. The normalized spacial score (nSPS) is 10.6. The first-order valence-electron chi connectivity index (χ1n) is 9.09. The van der Waals surface area contributed by atoms with E-state index in [1.807, 2.05) is 25.1 Å². The van der Waals surface area contributed by atoms with Crippen molar-refractivity contribution in [3.05, 3.63) is 95.3 Å². The standard InChI is InChI=1S/C23H19FN2O4/c1-16-6-2-3-11-21(16)29-15-22(27)26-25-14-17-7-4-10-20(12-17)30-23(28)18-8-5-9-19(24)13-18/h2-14H,15H2,1H3,(H,26,27)/b25-14+. The number of halogens is 1. The maximum Gasteiger partial charge on any atom is 0.343 e. The summed E-state index contributed by atoms with van der Waals surface area (Å²) in [6, 6.07) is 19.2. The molecule has 1 amide bonds. The van der Waals surface area contributed by atoms with E-state index in [4.69, 9.17) is 9.47 Å². The first kappa shape index (κ1) is 20.7. The second-order valence-corrected chi connectivity index (χ2v) is 6.32. The predicted molar refractivity (Wildman–Crippen MR) is 110 cm³/mol. The van der Waals surface area contributed by atoms with Crippen molar-refractivity contribution in [2.24, 2.45) is 5.10 Å². The van der Waals surface area contributed by atoms with Crippen LogP contribution in [0.3, 0.4) is 0 Å². The molecule has 0 spiro atoms. The SMILES string of the molecule is Cc1ccccc1OCC(=O)N/N=C/c1cccc(OC(=O)c2cccc(F)c2)c1. The number of nitrogens with zero attached hydrogens (tertiary/aromatic N) is 1. The van der Waals surface area contributed by atoms with Crippen molar-refractivity contribution in [3.63, 3.8) is 0 Å². The summed E-state index contributed by atoms with van der Waals surface area (Å²) in [7, 11) is 0. The molecule has 0 aliphatic heterocycles. The third-order valence-electron chi connectivity index (χ3n) is 3.98. The van der Waals surface area contributed by atoms with Crippen LogP contribution < -0.4 is 14.9 Å². The summed E-state index contributed by atoms with van der Waals surface area (Å²) >= 11 is 0. The highest BCUT2D eigenvalue weighted by Gasteiger charge is 2.09. The van der Waals surface area contributed by atoms with E-state index in [-0.39, 0.29) is 17.9 Å². The Hall–Kier alpha value is -4.00. The van der Waals surface area contributed by atoms with E-state index in [1.54, 1.807) is 30.3 Å². The van der Waals surface area contributed by atoms with Crippen LogP contribution in [0.2, 0.25) is 0 Å². The van der Waals surface area contributed by atoms with Crippen molar-refractivity contribution in [1.29, 1.82) is 0 Å². The van der Waals surface area contributed by atoms with E-state index in [0.29, 0.717) is 11.3 Å². The van der Waals surface area contributed by atoms with Crippen LogP contribution in [0.15, 0.2) is 77.9 Å². The van der Waals surface area contributed by atoms with E-state index >= 15 is 0 Å². The third kappa shape index (κ3) is 6.00. The van der Waals surface area contributed by atoms with Gasteiger partial charge in [-0.3, -0.25) is 4.79 Å². The number of esters is 1. The van der Waals surface area contributed by atoms with Gasteiger partial charge in [0.25, 0.3) is 5.91 Å². The molecule has 0 atom stereocenters. The Morgan fingerprint density at radius 1 is 1.03 bits per heavy atom. The molecule has 7 heteroatoms. The van der Waals surface area contributed by atoms with Gasteiger partial charge in [-0.25, -0.2) is 14.6 Å². The van der Waals surface area contributed by atoms with Crippen molar-refractivity contribution in [2.75, 3.05) is 6.61 Å². The molecule has 0 radical (unpaired) electrons. The Labute approximate surface area is 173 Å². The highest BCUT2D eigenvalue weighted by Crippen LogP contribution is 2.16. The Balaban J connectivity index is 1.53. The molecule has 0 aliphatic carbocycles. The first-order valence-corrected chi connectivity index (χ1v) is 9.09. The second kappa shape index (κ2) is 9.97. The molecular weight excluding hydrogens is 387 g/mol. The minimum Gasteiger partial charge on any atom is -0.483 e. The van der Waals surface area contributed by atoms with Gasteiger partial charge in [-0.1, -0.05) is 36.4 Å². The summed E-state index contributed by atoms with van der Waals surface area (Å²) in [6.07, 6.45) is 1.41. The summed E-state index contributed by atoms with van der Waals surface area (Å²) in [4.78, 5) is 24.0. The molecule has 3 aromatic rings. The lowest BCUT2D eigenvalue weighted by molar-refractivity contribution is -0.123. The molecule has 0 aliphatic rings. The van der Waals surface area contributed by atoms with Gasteiger partial charge in [0.15, 0.2) is 6.61 Å². The molecule has 0 saturated heterocycles. The topological polar surface area (TPSA) is 77.0 Å². The van der Waals surface area contributed by atoms with E-state index < -0.39 is 17.7 Å².